The Morgan fingerprint density at radius 3 is 2.92 bits per heavy atom. The van der Waals surface area contributed by atoms with Crippen molar-refractivity contribution < 1.29 is 0 Å². The molecule has 0 aromatic carbocycles. The minimum Gasteiger partial charge on any atom is -0.383 e. The molecular formula is C9H10BrN2. The average molecular weight is 226 g/mol. The smallest absolute Gasteiger partial charge is 0.0538 e. The van der Waals surface area contributed by atoms with Gasteiger partial charge >= 0.3 is 0 Å². The van der Waals surface area contributed by atoms with Crippen LogP contribution in [0.1, 0.15) is 12.8 Å². The SMILES string of the molecule is Brc1cncc(NC[C]2CC2)c1. The van der Waals surface area contributed by atoms with Gasteiger partial charge in [-0.25, -0.2) is 0 Å². The van der Waals surface area contributed by atoms with Gasteiger partial charge in [-0.1, -0.05) is 0 Å². The number of hydrogen-bond donors (Lipinski definition) is 1. The zero-order valence-corrected chi connectivity index (χ0v) is 8.26. The number of pyridine rings is 1. The van der Waals surface area contributed by atoms with E-state index in [2.05, 4.69) is 26.2 Å². The number of halogens is 1. The monoisotopic (exact) mass is 225 g/mol. The Hall–Kier alpha value is -0.570. The van der Waals surface area contributed by atoms with Crippen LogP contribution in [0.2, 0.25) is 0 Å². The topological polar surface area (TPSA) is 24.9 Å². The summed E-state index contributed by atoms with van der Waals surface area (Å²) in [6.07, 6.45) is 6.23. The van der Waals surface area contributed by atoms with Crippen LogP contribution in [0.4, 0.5) is 5.69 Å². The van der Waals surface area contributed by atoms with E-state index in [9.17, 15) is 0 Å². The van der Waals surface area contributed by atoms with Gasteiger partial charge in [0.1, 0.15) is 0 Å². The zero-order valence-electron chi connectivity index (χ0n) is 6.68. The van der Waals surface area contributed by atoms with Crippen molar-refractivity contribution in [2.45, 2.75) is 12.8 Å². The Morgan fingerprint density at radius 2 is 2.25 bits per heavy atom. The summed E-state index contributed by atoms with van der Waals surface area (Å²) < 4.78 is 1.02. The summed E-state index contributed by atoms with van der Waals surface area (Å²) >= 11 is 3.38. The van der Waals surface area contributed by atoms with E-state index in [4.69, 9.17) is 0 Å². The molecule has 0 saturated heterocycles. The van der Waals surface area contributed by atoms with Crippen molar-refractivity contribution in [3.63, 3.8) is 0 Å². The molecule has 2 nitrogen and oxygen atoms in total. The van der Waals surface area contributed by atoms with Crippen molar-refractivity contribution in [3.8, 4) is 0 Å². The lowest BCUT2D eigenvalue weighted by molar-refractivity contribution is 1.16. The molecule has 1 heterocycles. The molecule has 0 atom stereocenters. The predicted octanol–water partition coefficient (Wildman–Crippen LogP) is 2.62. The maximum atomic E-state index is 4.06. The number of nitrogens with one attached hydrogen (secondary N) is 1. The van der Waals surface area contributed by atoms with Crippen LogP contribution >= 0.6 is 15.9 Å². The quantitative estimate of drug-likeness (QED) is 0.856. The van der Waals surface area contributed by atoms with Gasteiger partial charge in [-0.3, -0.25) is 4.98 Å². The summed E-state index contributed by atoms with van der Waals surface area (Å²) in [5, 5.41) is 3.32. The molecule has 1 saturated carbocycles. The minimum atomic E-state index is 1.01. The fourth-order valence-corrected chi connectivity index (χ4v) is 1.37. The summed E-state index contributed by atoms with van der Waals surface area (Å²) in [6, 6.07) is 2.04. The van der Waals surface area contributed by atoms with Gasteiger partial charge in [0.15, 0.2) is 0 Å². The normalized spacial score (nSPS) is 16.1. The van der Waals surface area contributed by atoms with Crippen LogP contribution in [-0.4, -0.2) is 11.5 Å². The van der Waals surface area contributed by atoms with Crippen molar-refractivity contribution >= 4 is 21.6 Å². The van der Waals surface area contributed by atoms with E-state index < -0.39 is 0 Å². The number of nitrogens with zero attached hydrogens (tertiary/aromatic N) is 1. The molecule has 1 fully saturated rings. The summed E-state index contributed by atoms with van der Waals surface area (Å²) in [4.78, 5) is 4.06. The molecule has 1 aromatic heterocycles. The third kappa shape index (κ3) is 2.21. The Kier molecular flexibility index (Phi) is 2.30. The molecule has 12 heavy (non-hydrogen) atoms. The molecule has 1 aliphatic rings. The first-order chi connectivity index (χ1) is 5.84. The number of rotatable bonds is 3. The number of aromatic nitrogens is 1. The van der Waals surface area contributed by atoms with Gasteiger partial charge in [-0.15, -0.1) is 0 Å². The van der Waals surface area contributed by atoms with Crippen LogP contribution in [0.5, 0.6) is 0 Å². The lowest BCUT2D eigenvalue weighted by Gasteiger charge is -2.03. The molecule has 1 aromatic rings. The second-order valence-corrected chi connectivity index (χ2v) is 3.91. The van der Waals surface area contributed by atoms with Crippen LogP contribution in [0.3, 0.4) is 0 Å². The second kappa shape index (κ2) is 3.44. The van der Waals surface area contributed by atoms with E-state index in [0.29, 0.717) is 0 Å². The summed E-state index contributed by atoms with van der Waals surface area (Å²) in [6.45, 7) is 1.01. The Bertz CT molecular complexity index is 271. The maximum absolute atomic E-state index is 4.06. The predicted molar refractivity (Wildman–Crippen MR) is 52.9 cm³/mol. The van der Waals surface area contributed by atoms with E-state index in [-0.39, 0.29) is 0 Å². The highest BCUT2D eigenvalue weighted by atomic mass is 79.9. The molecule has 0 amide bonds. The molecule has 63 valence electrons. The van der Waals surface area contributed by atoms with Crippen molar-refractivity contribution in [1.82, 2.24) is 4.98 Å². The van der Waals surface area contributed by atoms with E-state index in [0.717, 1.165) is 16.7 Å². The molecule has 0 unspecified atom stereocenters. The van der Waals surface area contributed by atoms with Gasteiger partial charge in [-0.05, 0) is 40.8 Å². The molecule has 0 spiro atoms. The molecular weight excluding hydrogens is 216 g/mol. The lowest BCUT2D eigenvalue weighted by Crippen LogP contribution is -2.01. The molecule has 0 bridgehead atoms. The van der Waals surface area contributed by atoms with Gasteiger partial charge in [-0.2, -0.15) is 0 Å². The van der Waals surface area contributed by atoms with Gasteiger partial charge in [0.25, 0.3) is 0 Å². The highest BCUT2D eigenvalue weighted by molar-refractivity contribution is 9.10. The minimum absolute atomic E-state index is 1.01. The van der Waals surface area contributed by atoms with Crippen LogP contribution in [0.25, 0.3) is 0 Å². The van der Waals surface area contributed by atoms with Gasteiger partial charge in [0.05, 0.1) is 11.9 Å². The fraction of sp³-hybridized carbons (Fsp3) is 0.333. The highest BCUT2D eigenvalue weighted by Gasteiger charge is 2.21. The van der Waals surface area contributed by atoms with Gasteiger partial charge in [0, 0.05) is 17.2 Å². The Morgan fingerprint density at radius 1 is 1.42 bits per heavy atom. The van der Waals surface area contributed by atoms with Crippen LogP contribution in [0.15, 0.2) is 22.9 Å². The number of anilines is 1. The third-order valence-electron chi connectivity index (χ3n) is 1.85. The van der Waals surface area contributed by atoms with E-state index >= 15 is 0 Å². The van der Waals surface area contributed by atoms with E-state index in [1.165, 1.54) is 12.8 Å². The van der Waals surface area contributed by atoms with E-state index in [1.54, 1.807) is 12.1 Å². The zero-order chi connectivity index (χ0) is 8.39. The van der Waals surface area contributed by atoms with Crippen LogP contribution in [-0.2, 0) is 0 Å². The maximum Gasteiger partial charge on any atom is 0.0538 e. The van der Waals surface area contributed by atoms with Crippen molar-refractivity contribution in [3.05, 3.63) is 28.9 Å². The average Bonchev–Trinajstić information content (AvgIpc) is 2.84. The molecule has 1 radical (unpaired) electrons. The first kappa shape index (κ1) is 8.05. The van der Waals surface area contributed by atoms with E-state index in [1.807, 2.05) is 12.3 Å². The largest absolute Gasteiger partial charge is 0.383 e. The summed E-state index contributed by atoms with van der Waals surface area (Å²) in [7, 11) is 0. The summed E-state index contributed by atoms with van der Waals surface area (Å²) in [5.41, 5.74) is 1.09. The number of hydrogen-bond acceptors (Lipinski definition) is 2. The second-order valence-electron chi connectivity index (χ2n) is 3.00. The Balaban J connectivity index is 1.92. The van der Waals surface area contributed by atoms with Crippen molar-refractivity contribution in [2.75, 3.05) is 11.9 Å². The third-order valence-corrected chi connectivity index (χ3v) is 2.28. The fourth-order valence-electron chi connectivity index (χ4n) is 1.00. The molecule has 3 heteroatoms. The van der Waals surface area contributed by atoms with Gasteiger partial charge in [0.2, 0.25) is 0 Å². The molecule has 1 aliphatic carbocycles. The molecule has 1 N–H and O–H groups in total. The van der Waals surface area contributed by atoms with Crippen molar-refractivity contribution in [2.24, 2.45) is 0 Å². The van der Waals surface area contributed by atoms with Gasteiger partial charge < -0.3 is 5.32 Å². The molecule has 2 rings (SSSR count). The standard InChI is InChI=1S/C9H10BrN2/c10-8-3-9(6-11-5-8)12-4-7-1-2-7/h3,5-6,12H,1-2,4H2. The van der Waals surface area contributed by atoms with Crippen molar-refractivity contribution in [1.29, 1.82) is 0 Å². The molecule has 0 aliphatic heterocycles. The summed E-state index contributed by atoms with van der Waals surface area (Å²) in [5.74, 6) is 1.61. The van der Waals surface area contributed by atoms with Crippen LogP contribution in [0, 0.1) is 5.92 Å². The first-order valence-electron chi connectivity index (χ1n) is 4.02. The Labute approximate surface area is 80.5 Å². The van der Waals surface area contributed by atoms with Crippen LogP contribution < -0.4 is 5.32 Å². The first-order valence-corrected chi connectivity index (χ1v) is 4.82. The lowest BCUT2D eigenvalue weighted by atomic mass is 10.4. The highest BCUT2D eigenvalue weighted by Crippen LogP contribution is 2.31.